The summed E-state index contributed by atoms with van der Waals surface area (Å²) in [6.07, 6.45) is 0. The molecule has 4 rings (SSSR count). The zero-order valence-corrected chi connectivity index (χ0v) is 17.5. The molecule has 0 aliphatic carbocycles. The van der Waals surface area contributed by atoms with Gasteiger partial charge in [0, 0.05) is 37.0 Å². The first kappa shape index (κ1) is 19.7. The zero-order valence-electron chi connectivity index (χ0n) is 17.5. The van der Waals surface area contributed by atoms with Crippen LogP contribution in [0.25, 0.3) is 0 Å². The maximum Gasteiger partial charge on any atom is 0.258 e. The van der Waals surface area contributed by atoms with Gasteiger partial charge < -0.3 is 15.1 Å². The Balaban J connectivity index is 1.51. The fourth-order valence-corrected chi connectivity index (χ4v) is 3.76. The van der Waals surface area contributed by atoms with Crippen LogP contribution < -0.4 is 15.1 Å². The monoisotopic (exact) mass is 399 g/mol. The van der Waals surface area contributed by atoms with Crippen molar-refractivity contribution in [2.75, 3.05) is 35.3 Å². The smallest absolute Gasteiger partial charge is 0.258 e. The van der Waals surface area contributed by atoms with E-state index in [2.05, 4.69) is 10.2 Å². The maximum absolute atomic E-state index is 13.1. The molecule has 0 aromatic heterocycles. The second-order valence-corrected chi connectivity index (χ2v) is 7.65. The van der Waals surface area contributed by atoms with Gasteiger partial charge in [-0.05, 0) is 67.4 Å². The summed E-state index contributed by atoms with van der Waals surface area (Å²) in [5, 5.41) is 2.92. The third-order valence-electron chi connectivity index (χ3n) is 5.73. The molecule has 0 saturated heterocycles. The molecule has 0 spiro atoms. The Morgan fingerprint density at radius 3 is 2.27 bits per heavy atom. The van der Waals surface area contributed by atoms with Crippen LogP contribution in [0.1, 0.15) is 31.8 Å². The zero-order chi connectivity index (χ0) is 21.3. The average Bonchev–Trinajstić information content (AvgIpc) is 2.76. The molecule has 0 fully saturated rings. The minimum atomic E-state index is -0.150. The molecule has 1 aliphatic rings. The van der Waals surface area contributed by atoms with Crippen LogP contribution >= 0.6 is 0 Å². The van der Waals surface area contributed by atoms with Gasteiger partial charge in [-0.15, -0.1) is 0 Å². The number of likely N-dealkylation sites (N-methyl/N-ethyl adjacent to an activating group) is 1. The van der Waals surface area contributed by atoms with Gasteiger partial charge >= 0.3 is 0 Å². The summed E-state index contributed by atoms with van der Waals surface area (Å²) >= 11 is 0. The molecule has 5 nitrogen and oxygen atoms in total. The number of benzene rings is 3. The molecule has 1 N–H and O–H groups in total. The van der Waals surface area contributed by atoms with Crippen molar-refractivity contribution in [3.63, 3.8) is 0 Å². The molecule has 30 heavy (non-hydrogen) atoms. The summed E-state index contributed by atoms with van der Waals surface area (Å²) in [5.74, 6) is -0.189. The van der Waals surface area contributed by atoms with E-state index in [-0.39, 0.29) is 11.8 Å². The van der Waals surface area contributed by atoms with Gasteiger partial charge in [-0.2, -0.15) is 0 Å². The molecule has 0 radical (unpaired) electrons. The van der Waals surface area contributed by atoms with Crippen LogP contribution in [-0.2, 0) is 0 Å². The van der Waals surface area contributed by atoms with Gasteiger partial charge in [-0.1, -0.05) is 24.3 Å². The Kier molecular flexibility index (Phi) is 5.27. The van der Waals surface area contributed by atoms with E-state index in [9.17, 15) is 9.59 Å². The van der Waals surface area contributed by atoms with Crippen molar-refractivity contribution in [3.05, 3.63) is 89.0 Å². The highest BCUT2D eigenvalue weighted by atomic mass is 16.2. The van der Waals surface area contributed by atoms with Crippen LogP contribution in [0.2, 0.25) is 0 Å². The predicted molar refractivity (Wildman–Crippen MR) is 122 cm³/mol. The Labute approximate surface area is 176 Å². The van der Waals surface area contributed by atoms with Gasteiger partial charge in [-0.25, -0.2) is 0 Å². The van der Waals surface area contributed by atoms with E-state index in [1.54, 1.807) is 24.3 Å². The number of carbonyl (C=O) groups is 2. The minimum Gasteiger partial charge on any atom is -0.371 e. The van der Waals surface area contributed by atoms with Crippen molar-refractivity contribution in [1.29, 1.82) is 0 Å². The van der Waals surface area contributed by atoms with E-state index in [0.717, 1.165) is 29.0 Å². The van der Waals surface area contributed by atoms with E-state index in [1.165, 1.54) is 0 Å². The lowest BCUT2D eigenvalue weighted by Crippen LogP contribution is -2.42. The van der Waals surface area contributed by atoms with E-state index in [4.69, 9.17) is 0 Å². The number of hydrogen-bond donors (Lipinski definition) is 1. The highest BCUT2D eigenvalue weighted by Gasteiger charge is 2.25. The number of carbonyl (C=O) groups excluding carboxylic acids is 2. The van der Waals surface area contributed by atoms with Crippen LogP contribution in [-0.4, -0.2) is 32.0 Å². The van der Waals surface area contributed by atoms with Crippen molar-refractivity contribution >= 4 is 28.9 Å². The Morgan fingerprint density at radius 2 is 1.53 bits per heavy atom. The van der Waals surface area contributed by atoms with E-state index in [1.807, 2.05) is 68.3 Å². The topological polar surface area (TPSA) is 52.7 Å². The maximum atomic E-state index is 13.1. The number of nitrogens with zero attached hydrogens (tertiary/aromatic N) is 2. The average molecular weight is 399 g/mol. The summed E-state index contributed by atoms with van der Waals surface area (Å²) in [6.45, 7) is 5.35. The molecular weight excluding hydrogens is 374 g/mol. The number of para-hydroxylation sites is 2. The first-order chi connectivity index (χ1) is 14.5. The molecule has 0 bridgehead atoms. The van der Waals surface area contributed by atoms with Crippen molar-refractivity contribution in [2.24, 2.45) is 0 Å². The fraction of sp³-hybridized carbons (Fsp3) is 0.200. The van der Waals surface area contributed by atoms with E-state index < -0.39 is 0 Å². The van der Waals surface area contributed by atoms with Crippen LogP contribution in [0, 0.1) is 13.8 Å². The van der Waals surface area contributed by atoms with Gasteiger partial charge in [0.15, 0.2) is 0 Å². The quantitative estimate of drug-likeness (QED) is 0.697. The Morgan fingerprint density at radius 1 is 0.833 bits per heavy atom. The van der Waals surface area contributed by atoms with Gasteiger partial charge in [0.2, 0.25) is 0 Å². The SMILES string of the molecule is Cc1cccc(C(=O)Nc2ccc(C(=O)N3CCN(C)c4ccccc43)cc2)c1C. The standard InChI is InChI=1S/C25H25N3O2/c1-17-7-6-8-21(18(17)2)24(29)26-20-13-11-19(12-14-20)25(30)28-16-15-27(3)22-9-4-5-10-23(22)28/h4-14H,15-16H2,1-3H3,(H,26,29). The molecular formula is C25H25N3O2. The predicted octanol–water partition coefficient (Wildman–Crippen LogP) is 4.65. The number of amides is 2. The first-order valence-electron chi connectivity index (χ1n) is 10.1. The van der Waals surface area contributed by atoms with Crippen molar-refractivity contribution in [3.8, 4) is 0 Å². The number of hydrogen-bond acceptors (Lipinski definition) is 3. The number of nitrogens with one attached hydrogen (secondary N) is 1. The van der Waals surface area contributed by atoms with Crippen LogP contribution in [0.5, 0.6) is 0 Å². The third kappa shape index (κ3) is 3.66. The second-order valence-electron chi connectivity index (χ2n) is 7.65. The summed E-state index contributed by atoms with van der Waals surface area (Å²) in [7, 11) is 2.04. The highest BCUT2D eigenvalue weighted by molar-refractivity contribution is 6.09. The summed E-state index contributed by atoms with van der Waals surface area (Å²) in [4.78, 5) is 29.7. The Hall–Kier alpha value is -3.60. The molecule has 1 heterocycles. The lowest BCUT2D eigenvalue weighted by atomic mass is 10.0. The minimum absolute atomic E-state index is 0.0389. The first-order valence-corrected chi connectivity index (χ1v) is 10.1. The number of rotatable bonds is 3. The number of anilines is 3. The van der Waals surface area contributed by atoms with E-state index in [0.29, 0.717) is 23.4 Å². The summed E-state index contributed by atoms with van der Waals surface area (Å²) < 4.78 is 0. The summed E-state index contributed by atoms with van der Waals surface area (Å²) in [5.41, 5.74) is 5.93. The van der Waals surface area contributed by atoms with Crippen LogP contribution in [0.3, 0.4) is 0 Å². The summed E-state index contributed by atoms with van der Waals surface area (Å²) in [6, 6.07) is 20.7. The van der Waals surface area contributed by atoms with Crippen molar-refractivity contribution < 1.29 is 9.59 Å². The van der Waals surface area contributed by atoms with Gasteiger partial charge in [0.25, 0.3) is 11.8 Å². The third-order valence-corrected chi connectivity index (χ3v) is 5.73. The van der Waals surface area contributed by atoms with Gasteiger partial charge in [-0.3, -0.25) is 9.59 Å². The molecule has 3 aromatic carbocycles. The van der Waals surface area contributed by atoms with Crippen LogP contribution in [0.4, 0.5) is 17.1 Å². The molecule has 3 aromatic rings. The largest absolute Gasteiger partial charge is 0.371 e. The van der Waals surface area contributed by atoms with E-state index >= 15 is 0 Å². The number of aryl methyl sites for hydroxylation is 1. The fourth-order valence-electron chi connectivity index (χ4n) is 3.76. The van der Waals surface area contributed by atoms with Gasteiger partial charge in [0.1, 0.15) is 0 Å². The number of fused-ring (bicyclic) bond motifs is 1. The lowest BCUT2D eigenvalue weighted by molar-refractivity contribution is 0.0985. The second kappa shape index (κ2) is 8.03. The molecule has 1 aliphatic heterocycles. The van der Waals surface area contributed by atoms with Crippen molar-refractivity contribution in [1.82, 2.24) is 0 Å². The molecule has 0 atom stereocenters. The molecule has 5 heteroatoms. The van der Waals surface area contributed by atoms with Crippen LogP contribution in [0.15, 0.2) is 66.7 Å². The molecule has 0 unspecified atom stereocenters. The molecule has 2 amide bonds. The Bertz CT molecular complexity index is 1110. The highest BCUT2D eigenvalue weighted by Crippen LogP contribution is 2.32. The van der Waals surface area contributed by atoms with Crippen molar-refractivity contribution in [2.45, 2.75) is 13.8 Å². The van der Waals surface area contributed by atoms with Gasteiger partial charge in [0.05, 0.1) is 11.4 Å². The molecule has 0 saturated carbocycles. The lowest BCUT2D eigenvalue weighted by Gasteiger charge is -2.35. The normalized spacial score (nSPS) is 13.0. The molecule has 152 valence electrons.